The average molecular weight is 578 g/mol. The maximum Gasteiger partial charge on any atom is 0.417 e. The van der Waals surface area contributed by atoms with Crippen molar-refractivity contribution in [3.63, 3.8) is 0 Å². The molecule has 1 aliphatic rings. The van der Waals surface area contributed by atoms with Crippen LogP contribution in [0.15, 0.2) is 30.6 Å². The SMILES string of the molecule is CN(Cc1nc2c(N3CCOCC3)nc(-c3ccc(Cl)c(C(F)(F)F)c3)nc2n1C)c1ncc(C(=O)NO)cn1. The van der Waals surface area contributed by atoms with Gasteiger partial charge in [0.1, 0.15) is 5.82 Å². The summed E-state index contributed by atoms with van der Waals surface area (Å²) >= 11 is 5.83. The van der Waals surface area contributed by atoms with Gasteiger partial charge in [-0.25, -0.2) is 30.4 Å². The lowest BCUT2D eigenvalue weighted by molar-refractivity contribution is -0.137. The van der Waals surface area contributed by atoms with Gasteiger partial charge in [0.05, 0.1) is 35.9 Å². The Morgan fingerprint density at radius 2 is 1.88 bits per heavy atom. The molecule has 5 rings (SSSR count). The number of nitrogens with one attached hydrogen (secondary N) is 1. The predicted octanol–water partition coefficient (Wildman–Crippen LogP) is 3.08. The number of carbonyl (C=O) groups is 1. The number of hydrogen-bond donors (Lipinski definition) is 2. The summed E-state index contributed by atoms with van der Waals surface area (Å²) in [7, 11) is 3.48. The summed E-state index contributed by atoms with van der Waals surface area (Å²) in [5.41, 5.74) is 1.70. The zero-order valence-electron chi connectivity index (χ0n) is 21.3. The molecule has 0 aliphatic carbocycles. The molecule has 3 aromatic heterocycles. The number of imidazole rings is 1. The van der Waals surface area contributed by atoms with Crippen LogP contribution in [0.2, 0.25) is 5.02 Å². The summed E-state index contributed by atoms with van der Waals surface area (Å²) in [5, 5.41) is 8.36. The Morgan fingerprint density at radius 3 is 2.52 bits per heavy atom. The minimum atomic E-state index is -4.64. The molecule has 16 heteroatoms. The fourth-order valence-electron chi connectivity index (χ4n) is 4.22. The molecule has 0 spiro atoms. The van der Waals surface area contributed by atoms with E-state index in [2.05, 4.69) is 19.9 Å². The van der Waals surface area contributed by atoms with Gasteiger partial charge in [-0.05, 0) is 18.2 Å². The highest BCUT2D eigenvalue weighted by Crippen LogP contribution is 2.37. The first kappa shape index (κ1) is 27.5. The van der Waals surface area contributed by atoms with Crippen molar-refractivity contribution >= 4 is 40.4 Å². The van der Waals surface area contributed by atoms with Crippen LogP contribution in [0.25, 0.3) is 22.6 Å². The maximum absolute atomic E-state index is 13.6. The van der Waals surface area contributed by atoms with Crippen molar-refractivity contribution in [2.24, 2.45) is 7.05 Å². The summed E-state index contributed by atoms with van der Waals surface area (Å²) in [6.45, 7) is 2.20. The molecule has 1 aromatic carbocycles. The second kappa shape index (κ2) is 10.8. The van der Waals surface area contributed by atoms with Gasteiger partial charge >= 0.3 is 6.18 Å². The molecule has 1 fully saturated rings. The van der Waals surface area contributed by atoms with E-state index < -0.39 is 22.7 Å². The number of aromatic nitrogens is 6. The van der Waals surface area contributed by atoms with Crippen molar-refractivity contribution < 1.29 is 27.9 Å². The molecular formula is C24H23ClF3N9O3. The number of nitrogens with zero attached hydrogens (tertiary/aromatic N) is 8. The summed E-state index contributed by atoms with van der Waals surface area (Å²) in [4.78, 5) is 37.6. The van der Waals surface area contributed by atoms with Crippen molar-refractivity contribution in [3.8, 4) is 11.4 Å². The number of benzene rings is 1. The fourth-order valence-corrected chi connectivity index (χ4v) is 4.45. The van der Waals surface area contributed by atoms with E-state index in [9.17, 15) is 18.0 Å². The molecule has 40 heavy (non-hydrogen) atoms. The Labute approximate surface area is 230 Å². The van der Waals surface area contributed by atoms with E-state index >= 15 is 0 Å². The van der Waals surface area contributed by atoms with Crippen LogP contribution in [0.5, 0.6) is 0 Å². The van der Waals surface area contributed by atoms with Crippen molar-refractivity contribution in [2.45, 2.75) is 12.7 Å². The molecule has 1 saturated heterocycles. The second-order valence-electron chi connectivity index (χ2n) is 8.99. The molecule has 0 bridgehead atoms. The summed E-state index contributed by atoms with van der Waals surface area (Å²) in [6.07, 6.45) is -2.10. The highest BCUT2D eigenvalue weighted by molar-refractivity contribution is 6.31. The third-order valence-corrected chi connectivity index (χ3v) is 6.69. The Balaban J connectivity index is 1.56. The van der Waals surface area contributed by atoms with Gasteiger partial charge in [0, 0.05) is 45.1 Å². The van der Waals surface area contributed by atoms with Crippen LogP contribution in [0, 0.1) is 0 Å². The second-order valence-corrected chi connectivity index (χ2v) is 9.40. The van der Waals surface area contributed by atoms with E-state index in [4.69, 9.17) is 26.5 Å². The average Bonchev–Trinajstić information content (AvgIpc) is 3.26. The first-order valence-corrected chi connectivity index (χ1v) is 12.4. The lowest BCUT2D eigenvalue weighted by atomic mass is 10.1. The number of anilines is 2. The topological polar surface area (TPSA) is 134 Å². The number of rotatable bonds is 6. The molecule has 1 amide bonds. The first-order valence-electron chi connectivity index (χ1n) is 12.0. The molecule has 2 N–H and O–H groups in total. The number of halogens is 4. The van der Waals surface area contributed by atoms with E-state index in [1.807, 2.05) is 4.90 Å². The van der Waals surface area contributed by atoms with Gasteiger partial charge in [0.2, 0.25) is 5.95 Å². The van der Waals surface area contributed by atoms with Crippen LogP contribution in [0.1, 0.15) is 21.7 Å². The van der Waals surface area contributed by atoms with Gasteiger partial charge in [-0.15, -0.1) is 0 Å². The number of hydrogen-bond acceptors (Lipinski definition) is 10. The molecule has 1 aliphatic heterocycles. The summed E-state index contributed by atoms with van der Waals surface area (Å²) in [5.74, 6) is 0.693. The number of morpholine rings is 1. The fraction of sp³-hybridized carbons (Fsp3) is 0.333. The van der Waals surface area contributed by atoms with Crippen LogP contribution < -0.4 is 15.3 Å². The zero-order chi connectivity index (χ0) is 28.6. The third-order valence-electron chi connectivity index (χ3n) is 6.36. The molecule has 0 atom stereocenters. The van der Waals surface area contributed by atoms with E-state index in [0.717, 1.165) is 6.07 Å². The van der Waals surface area contributed by atoms with Crippen LogP contribution in [0.4, 0.5) is 24.9 Å². The van der Waals surface area contributed by atoms with Gasteiger partial charge in [0.25, 0.3) is 5.91 Å². The summed E-state index contributed by atoms with van der Waals surface area (Å²) < 4.78 is 47.9. The van der Waals surface area contributed by atoms with Gasteiger partial charge in [0.15, 0.2) is 22.8 Å². The highest BCUT2D eigenvalue weighted by Gasteiger charge is 2.34. The van der Waals surface area contributed by atoms with Gasteiger partial charge < -0.3 is 19.1 Å². The predicted molar refractivity (Wildman–Crippen MR) is 138 cm³/mol. The third kappa shape index (κ3) is 5.35. The number of carbonyl (C=O) groups excluding carboxylic acids is 1. The molecular weight excluding hydrogens is 555 g/mol. The van der Waals surface area contributed by atoms with Crippen molar-refractivity contribution in [1.82, 2.24) is 35.0 Å². The van der Waals surface area contributed by atoms with Crippen molar-refractivity contribution in [2.75, 3.05) is 43.2 Å². The minimum Gasteiger partial charge on any atom is -0.378 e. The molecule has 0 radical (unpaired) electrons. The van der Waals surface area contributed by atoms with Crippen LogP contribution >= 0.6 is 11.6 Å². The Kier molecular flexibility index (Phi) is 7.44. The van der Waals surface area contributed by atoms with E-state index in [1.54, 1.807) is 23.6 Å². The molecule has 0 unspecified atom stereocenters. The van der Waals surface area contributed by atoms with Crippen LogP contribution in [-0.2, 0) is 24.5 Å². The van der Waals surface area contributed by atoms with Crippen molar-refractivity contribution in [3.05, 3.63) is 52.6 Å². The number of hydroxylamine groups is 1. The molecule has 4 heterocycles. The number of ether oxygens (including phenoxy) is 1. The van der Waals surface area contributed by atoms with Gasteiger partial charge in [-0.1, -0.05) is 11.6 Å². The van der Waals surface area contributed by atoms with E-state index in [0.29, 0.717) is 55.1 Å². The van der Waals surface area contributed by atoms with E-state index in [-0.39, 0.29) is 23.5 Å². The maximum atomic E-state index is 13.6. The van der Waals surface area contributed by atoms with Crippen LogP contribution in [-0.4, -0.2) is 74.0 Å². The van der Waals surface area contributed by atoms with Crippen molar-refractivity contribution in [1.29, 1.82) is 0 Å². The lowest BCUT2D eigenvalue weighted by Gasteiger charge is -2.28. The first-order chi connectivity index (χ1) is 19.1. The molecule has 210 valence electrons. The van der Waals surface area contributed by atoms with Gasteiger partial charge in [-0.2, -0.15) is 13.2 Å². The molecule has 4 aromatic rings. The minimum absolute atomic E-state index is 0.0798. The number of alkyl halides is 3. The largest absolute Gasteiger partial charge is 0.417 e. The highest BCUT2D eigenvalue weighted by atomic mass is 35.5. The lowest BCUT2D eigenvalue weighted by Crippen LogP contribution is -2.37. The summed E-state index contributed by atoms with van der Waals surface area (Å²) in [6, 6.07) is 3.57. The molecule has 0 saturated carbocycles. The quantitative estimate of drug-likeness (QED) is 0.260. The number of fused-ring (bicyclic) bond motifs is 1. The standard InChI is InChI=1S/C24H23ClF3N9O3/c1-35(23-29-10-14(11-30-23)22(38)34-39)12-17-31-18-20(36(17)2)32-19(33-21(18)37-5-7-40-8-6-37)13-3-4-16(25)15(9-13)24(26,27)28/h3-4,9-11,39H,5-8,12H2,1-2H3,(H,34,38). The normalized spacial score (nSPS) is 14.0. The zero-order valence-corrected chi connectivity index (χ0v) is 22.0. The number of aryl methyl sites for hydroxylation is 1. The Bertz CT molecular complexity index is 1560. The molecule has 12 nitrogen and oxygen atoms in total. The van der Waals surface area contributed by atoms with Crippen LogP contribution in [0.3, 0.4) is 0 Å². The Hall–Kier alpha value is -4.08. The van der Waals surface area contributed by atoms with E-state index in [1.165, 1.54) is 30.0 Å². The van der Waals surface area contributed by atoms with Gasteiger partial charge in [-0.3, -0.25) is 10.0 Å². The number of amides is 1. The monoisotopic (exact) mass is 577 g/mol. The smallest absolute Gasteiger partial charge is 0.378 e. The Morgan fingerprint density at radius 1 is 1.18 bits per heavy atom.